The number of hydrogen-bond donors (Lipinski definition) is 0. The highest BCUT2D eigenvalue weighted by Gasteiger charge is 2.16. The van der Waals surface area contributed by atoms with E-state index < -0.39 is 0 Å². The second kappa shape index (κ2) is 10.9. The Labute approximate surface area is 283 Å². The molecule has 2 nitrogen and oxygen atoms in total. The van der Waals surface area contributed by atoms with Gasteiger partial charge in [0.2, 0.25) is 0 Å². The third kappa shape index (κ3) is 4.28. The van der Waals surface area contributed by atoms with Crippen molar-refractivity contribution >= 4 is 75.5 Å². The van der Waals surface area contributed by atoms with Gasteiger partial charge in [0.1, 0.15) is 0 Å². The maximum atomic E-state index is 3.96. The fourth-order valence-electron chi connectivity index (χ4n) is 7.02. The van der Waals surface area contributed by atoms with Gasteiger partial charge in [-0.25, -0.2) is 0 Å². The molecule has 0 saturated carbocycles. The molecule has 0 aliphatic heterocycles. The minimum Gasteiger partial charge on any atom is -0.309 e. The zero-order chi connectivity index (χ0) is 30.8. The molecule has 0 aliphatic carbocycles. The predicted octanol–water partition coefficient (Wildman–Crippen LogP) is 12.7. The largest absolute Gasteiger partial charge is 0.309 e. The Balaban J connectivity index is 1.15. The molecule has 218 valence electrons. The van der Waals surface area contributed by atoms with Crippen molar-refractivity contribution < 1.29 is 0 Å². The molecule has 0 aliphatic rings. The summed E-state index contributed by atoms with van der Waals surface area (Å²) in [6.07, 6.45) is 0. The zero-order valence-corrected chi connectivity index (χ0v) is 27.8. The van der Waals surface area contributed by atoms with E-state index in [0.717, 1.165) is 42.6 Å². The van der Waals surface area contributed by atoms with E-state index in [0.29, 0.717) is 0 Å². The van der Waals surface area contributed by atoms with Gasteiger partial charge >= 0.3 is 0 Å². The van der Waals surface area contributed by atoms with Crippen molar-refractivity contribution in [3.63, 3.8) is 0 Å². The van der Waals surface area contributed by atoms with Gasteiger partial charge in [-0.05, 0) is 82.9 Å². The molecule has 2 aromatic heterocycles. The Kier molecular flexibility index (Phi) is 6.48. The minimum absolute atomic E-state index is 1.05. The summed E-state index contributed by atoms with van der Waals surface area (Å²) in [6.45, 7) is 0. The van der Waals surface area contributed by atoms with Crippen LogP contribution < -0.4 is 0 Å². The summed E-state index contributed by atoms with van der Waals surface area (Å²) >= 11 is 7.92. The molecule has 9 rings (SSSR count). The number of rotatable bonds is 4. The Bertz CT molecular complexity index is 2330. The number of halogens is 2. The zero-order valence-electron chi connectivity index (χ0n) is 24.7. The molecule has 0 N–H and O–H groups in total. The van der Waals surface area contributed by atoms with Gasteiger partial charge in [0.05, 0.1) is 22.1 Å². The SMILES string of the molecule is Brc1cc(-c2cccc(-n3c4ccccc4c4ccccc43)c2)c(Br)cc1-c1cccc(-n2c3ccccc3c3ccccc32)c1. The third-order valence-electron chi connectivity index (χ3n) is 9.05. The Hall–Kier alpha value is -4.90. The highest BCUT2D eigenvalue weighted by molar-refractivity contribution is 9.11. The van der Waals surface area contributed by atoms with Crippen molar-refractivity contribution in [2.24, 2.45) is 0 Å². The smallest absolute Gasteiger partial charge is 0.0541 e. The summed E-state index contributed by atoms with van der Waals surface area (Å²) < 4.78 is 6.83. The highest BCUT2D eigenvalue weighted by atomic mass is 79.9. The van der Waals surface area contributed by atoms with Gasteiger partial charge in [-0.1, -0.05) is 129 Å². The van der Waals surface area contributed by atoms with Crippen LogP contribution >= 0.6 is 31.9 Å². The van der Waals surface area contributed by atoms with Crippen LogP contribution in [-0.2, 0) is 0 Å². The van der Waals surface area contributed by atoms with Crippen LogP contribution in [0.1, 0.15) is 0 Å². The summed E-state index contributed by atoms with van der Waals surface area (Å²) in [4.78, 5) is 0. The summed E-state index contributed by atoms with van der Waals surface area (Å²) in [5.74, 6) is 0. The Morgan fingerprint density at radius 1 is 0.326 bits per heavy atom. The van der Waals surface area contributed by atoms with E-state index in [4.69, 9.17) is 0 Å². The van der Waals surface area contributed by atoms with Gasteiger partial charge in [0.15, 0.2) is 0 Å². The monoisotopic (exact) mass is 716 g/mol. The molecule has 7 aromatic carbocycles. The van der Waals surface area contributed by atoms with E-state index in [1.807, 2.05) is 0 Å². The number of nitrogens with zero attached hydrogens (tertiary/aromatic N) is 2. The van der Waals surface area contributed by atoms with Crippen LogP contribution in [0.5, 0.6) is 0 Å². The van der Waals surface area contributed by atoms with Crippen LogP contribution in [0.2, 0.25) is 0 Å². The van der Waals surface area contributed by atoms with Gasteiger partial charge in [-0.15, -0.1) is 0 Å². The lowest BCUT2D eigenvalue weighted by Crippen LogP contribution is -1.95. The summed E-state index contributed by atoms with van der Waals surface area (Å²) in [5, 5.41) is 5.06. The van der Waals surface area contributed by atoms with Gasteiger partial charge in [0, 0.05) is 41.9 Å². The van der Waals surface area contributed by atoms with Crippen LogP contribution in [0, 0.1) is 0 Å². The van der Waals surface area contributed by atoms with Crippen LogP contribution in [0.25, 0.3) is 77.2 Å². The average molecular weight is 718 g/mol. The lowest BCUT2D eigenvalue weighted by molar-refractivity contribution is 1.18. The maximum absolute atomic E-state index is 3.96. The standard InChI is InChI=1S/C42H26Br2N2/c43-37-26-36(28-12-10-14-30(24-28)46-41-21-7-3-17-33(41)34-18-4-8-22-42(34)46)38(44)25-35(37)27-11-9-13-29(23-27)45-39-19-5-1-15-31(39)32-16-2-6-20-40(32)45/h1-26H. The van der Waals surface area contributed by atoms with Crippen LogP contribution in [-0.4, -0.2) is 9.13 Å². The molecule has 0 saturated heterocycles. The van der Waals surface area contributed by atoms with E-state index in [9.17, 15) is 0 Å². The molecule has 9 aromatic rings. The van der Waals surface area contributed by atoms with Crippen LogP contribution in [0.3, 0.4) is 0 Å². The predicted molar refractivity (Wildman–Crippen MR) is 201 cm³/mol. The normalized spacial score (nSPS) is 11.7. The number of fused-ring (bicyclic) bond motifs is 6. The lowest BCUT2D eigenvalue weighted by Gasteiger charge is -2.15. The number of aromatic nitrogens is 2. The van der Waals surface area contributed by atoms with Crippen molar-refractivity contribution in [1.82, 2.24) is 9.13 Å². The van der Waals surface area contributed by atoms with Gasteiger partial charge in [0.25, 0.3) is 0 Å². The summed E-state index contributed by atoms with van der Waals surface area (Å²) in [7, 11) is 0. The quantitative estimate of drug-likeness (QED) is 0.171. The second-order valence-electron chi connectivity index (χ2n) is 11.7. The van der Waals surface area contributed by atoms with E-state index >= 15 is 0 Å². The molecular weight excluding hydrogens is 692 g/mol. The molecule has 0 spiro atoms. The molecule has 0 amide bonds. The summed E-state index contributed by atoms with van der Waals surface area (Å²) in [5.41, 5.74) is 11.7. The van der Waals surface area contributed by atoms with Crippen molar-refractivity contribution in [2.45, 2.75) is 0 Å². The van der Waals surface area contributed by atoms with E-state index in [-0.39, 0.29) is 0 Å². The van der Waals surface area contributed by atoms with Gasteiger partial charge in [-0.3, -0.25) is 0 Å². The van der Waals surface area contributed by atoms with Crippen molar-refractivity contribution in [2.75, 3.05) is 0 Å². The Morgan fingerprint density at radius 3 is 1.00 bits per heavy atom. The first-order chi connectivity index (χ1) is 22.7. The van der Waals surface area contributed by atoms with E-state index in [1.165, 1.54) is 43.6 Å². The lowest BCUT2D eigenvalue weighted by atomic mass is 9.99. The molecule has 0 bridgehead atoms. The summed E-state index contributed by atoms with van der Waals surface area (Å²) in [6, 6.07) is 56.7. The number of benzene rings is 7. The van der Waals surface area contributed by atoms with Crippen molar-refractivity contribution in [3.05, 3.63) is 167 Å². The fourth-order valence-corrected chi connectivity index (χ4v) is 8.16. The van der Waals surface area contributed by atoms with Gasteiger partial charge in [-0.2, -0.15) is 0 Å². The second-order valence-corrected chi connectivity index (χ2v) is 13.4. The number of para-hydroxylation sites is 4. The van der Waals surface area contributed by atoms with Crippen LogP contribution in [0.4, 0.5) is 0 Å². The van der Waals surface area contributed by atoms with E-state index in [2.05, 4.69) is 199 Å². The topological polar surface area (TPSA) is 9.86 Å². The fraction of sp³-hybridized carbons (Fsp3) is 0. The molecule has 2 heterocycles. The average Bonchev–Trinajstić information content (AvgIpc) is 3.62. The van der Waals surface area contributed by atoms with Gasteiger partial charge < -0.3 is 9.13 Å². The highest BCUT2D eigenvalue weighted by Crippen LogP contribution is 2.41. The van der Waals surface area contributed by atoms with Crippen LogP contribution in [0.15, 0.2) is 167 Å². The van der Waals surface area contributed by atoms with Crippen molar-refractivity contribution in [3.8, 4) is 33.6 Å². The first kappa shape index (κ1) is 27.4. The van der Waals surface area contributed by atoms with Crippen molar-refractivity contribution in [1.29, 1.82) is 0 Å². The molecule has 46 heavy (non-hydrogen) atoms. The molecule has 4 heteroatoms. The number of hydrogen-bond acceptors (Lipinski definition) is 0. The maximum Gasteiger partial charge on any atom is 0.0541 e. The molecule has 0 atom stereocenters. The molecular formula is C42H26Br2N2. The van der Waals surface area contributed by atoms with E-state index in [1.54, 1.807) is 0 Å². The molecule has 0 unspecified atom stereocenters. The first-order valence-electron chi connectivity index (χ1n) is 15.3. The first-order valence-corrected chi connectivity index (χ1v) is 16.9. The Morgan fingerprint density at radius 2 is 0.652 bits per heavy atom. The third-order valence-corrected chi connectivity index (χ3v) is 10.4. The minimum atomic E-state index is 1.05. The molecule has 0 fully saturated rings. The molecule has 0 radical (unpaired) electrons.